The highest BCUT2D eigenvalue weighted by Gasteiger charge is 2.78. The quantitative estimate of drug-likeness (QED) is 0.0994. The molecule has 2 bridgehead atoms. The number of carbonyl (C=O) groups is 6. The SMILES string of the molecule is CC(=O)O[C@@]12CO[C@@H]1C[C@H](O)[C@@]1(C)C(=O)[C@H](OC(=O)C[C@@H](C)O)C3=C(C)[C@@H](OC(=O)[C@H](O)[C@H](NC(=O)c4ccccc4)c4ccccc4)C[C@@](O)([C@@H](OC(=O)c4ccccc4)[C@H]21)C3(C)C. The molecule has 0 unspecified atom stereocenters. The highest BCUT2D eigenvalue weighted by atomic mass is 16.6. The molecule has 4 aliphatic rings. The molecule has 12 atom stereocenters. The van der Waals surface area contributed by atoms with E-state index >= 15 is 4.79 Å². The molecule has 3 aromatic rings. The summed E-state index contributed by atoms with van der Waals surface area (Å²) < 4.78 is 30.5. The number of hydrogen-bond donors (Lipinski definition) is 5. The van der Waals surface area contributed by atoms with E-state index in [-0.39, 0.29) is 35.3 Å². The van der Waals surface area contributed by atoms with Crippen LogP contribution in [0, 0.1) is 16.7 Å². The molecule has 2 saturated carbocycles. The van der Waals surface area contributed by atoms with Gasteiger partial charge in [0.15, 0.2) is 23.6 Å². The van der Waals surface area contributed by atoms with E-state index in [9.17, 15) is 44.4 Å². The molecule has 16 nitrogen and oxygen atoms in total. The van der Waals surface area contributed by atoms with E-state index in [1.54, 1.807) is 78.9 Å². The Bertz CT molecular complexity index is 2350. The number of ether oxygens (including phenoxy) is 5. The van der Waals surface area contributed by atoms with E-state index in [2.05, 4.69) is 5.32 Å². The molecule has 0 spiro atoms. The molecular weight excluding hydrogens is 843 g/mol. The summed E-state index contributed by atoms with van der Waals surface area (Å²) in [6.45, 7) is 8.07. The molecular formula is C49H55NO15. The number of Topliss-reactive ketones (excluding diaryl/α,β-unsaturated/α-hetero) is 1. The predicted molar refractivity (Wildman–Crippen MR) is 228 cm³/mol. The second-order valence-corrected chi connectivity index (χ2v) is 18.3. The number of ketones is 1. The van der Waals surface area contributed by atoms with Gasteiger partial charge in [0, 0.05) is 30.7 Å². The van der Waals surface area contributed by atoms with Crippen LogP contribution in [0.3, 0.4) is 0 Å². The fourth-order valence-corrected chi connectivity index (χ4v) is 10.4. The van der Waals surface area contributed by atoms with Gasteiger partial charge in [-0.25, -0.2) is 9.59 Å². The lowest BCUT2D eigenvalue weighted by atomic mass is 9.44. The smallest absolute Gasteiger partial charge is 0.338 e. The van der Waals surface area contributed by atoms with Crippen LogP contribution in [0.15, 0.2) is 102 Å². The van der Waals surface area contributed by atoms with Gasteiger partial charge in [-0.15, -0.1) is 0 Å². The van der Waals surface area contributed by atoms with Crippen molar-refractivity contribution in [2.75, 3.05) is 6.61 Å². The van der Waals surface area contributed by atoms with Gasteiger partial charge in [0.25, 0.3) is 5.91 Å². The Morgan fingerprint density at radius 1 is 0.862 bits per heavy atom. The first-order valence-corrected chi connectivity index (χ1v) is 21.6. The van der Waals surface area contributed by atoms with Gasteiger partial charge >= 0.3 is 23.9 Å². The van der Waals surface area contributed by atoms with Gasteiger partial charge in [-0.2, -0.15) is 0 Å². The summed E-state index contributed by atoms with van der Waals surface area (Å²) >= 11 is 0. The Morgan fingerprint density at radius 2 is 1.45 bits per heavy atom. The number of aliphatic hydroxyl groups excluding tert-OH is 3. The molecule has 16 heteroatoms. The van der Waals surface area contributed by atoms with Gasteiger partial charge in [-0.05, 0) is 61.7 Å². The van der Waals surface area contributed by atoms with Crippen LogP contribution in [-0.4, -0.2) is 117 Å². The summed E-state index contributed by atoms with van der Waals surface area (Å²) in [7, 11) is 0. The zero-order valence-electron chi connectivity index (χ0n) is 37.0. The van der Waals surface area contributed by atoms with Crippen LogP contribution in [0.4, 0.5) is 0 Å². The first-order chi connectivity index (χ1) is 30.7. The number of rotatable bonds is 12. The van der Waals surface area contributed by atoms with Crippen LogP contribution in [0.1, 0.15) is 93.1 Å². The van der Waals surface area contributed by atoms with Crippen molar-refractivity contribution in [1.29, 1.82) is 0 Å². The number of hydrogen-bond acceptors (Lipinski definition) is 15. The van der Waals surface area contributed by atoms with E-state index in [0.29, 0.717) is 5.56 Å². The van der Waals surface area contributed by atoms with E-state index < -0.39 is 125 Å². The monoisotopic (exact) mass is 897 g/mol. The first kappa shape index (κ1) is 47.2. The van der Waals surface area contributed by atoms with E-state index in [1.165, 1.54) is 46.8 Å². The highest BCUT2D eigenvalue weighted by molar-refractivity contribution is 5.96. The zero-order valence-corrected chi connectivity index (χ0v) is 37.0. The second-order valence-electron chi connectivity index (χ2n) is 18.3. The molecule has 3 fully saturated rings. The van der Waals surface area contributed by atoms with Gasteiger partial charge in [0.1, 0.15) is 23.9 Å². The third-order valence-corrected chi connectivity index (χ3v) is 13.9. The van der Waals surface area contributed by atoms with Gasteiger partial charge in [0.2, 0.25) is 0 Å². The average Bonchev–Trinajstić information content (AvgIpc) is 3.26. The number of amides is 1. The average molecular weight is 898 g/mol. The van der Waals surface area contributed by atoms with Crippen molar-refractivity contribution < 1.29 is 72.9 Å². The first-order valence-electron chi connectivity index (χ1n) is 21.6. The maximum Gasteiger partial charge on any atom is 0.338 e. The largest absolute Gasteiger partial charge is 0.456 e. The van der Waals surface area contributed by atoms with Crippen molar-refractivity contribution in [2.45, 2.75) is 121 Å². The van der Waals surface area contributed by atoms with Gasteiger partial charge in [-0.1, -0.05) is 80.6 Å². The van der Waals surface area contributed by atoms with Crippen LogP contribution >= 0.6 is 0 Å². The van der Waals surface area contributed by atoms with Crippen LogP contribution < -0.4 is 5.32 Å². The summed E-state index contributed by atoms with van der Waals surface area (Å²) in [5.74, 6) is -7.19. The topological polar surface area (TPSA) is 242 Å². The Balaban J connectivity index is 1.40. The normalized spacial score (nSPS) is 31.4. The van der Waals surface area contributed by atoms with E-state index in [1.807, 2.05) is 0 Å². The van der Waals surface area contributed by atoms with Crippen molar-refractivity contribution in [2.24, 2.45) is 16.7 Å². The zero-order chi connectivity index (χ0) is 47.2. The predicted octanol–water partition coefficient (Wildman–Crippen LogP) is 3.49. The number of benzene rings is 3. The molecule has 5 N–H and O–H groups in total. The Hall–Kier alpha value is -5.78. The molecule has 0 radical (unpaired) electrons. The summed E-state index contributed by atoms with van der Waals surface area (Å²) in [5, 5.41) is 50.7. The van der Waals surface area contributed by atoms with Gasteiger partial charge in [0.05, 0.1) is 48.2 Å². The molecule has 7 rings (SSSR count). The van der Waals surface area contributed by atoms with E-state index in [0.717, 1.165) is 6.92 Å². The van der Waals surface area contributed by atoms with Crippen LogP contribution in [-0.2, 0) is 42.9 Å². The minimum atomic E-state index is -2.45. The number of fused-ring (bicyclic) bond motifs is 5. The maximum atomic E-state index is 15.7. The van der Waals surface area contributed by atoms with Gasteiger partial charge < -0.3 is 49.4 Å². The Labute approximate surface area is 375 Å². The fourth-order valence-electron chi connectivity index (χ4n) is 10.4. The Kier molecular flexibility index (Phi) is 13.0. The molecule has 1 amide bonds. The Morgan fingerprint density at radius 3 is 2.00 bits per heavy atom. The molecule has 0 aromatic heterocycles. The lowest BCUT2D eigenvalue weighted by molar-refractivity contribution is -0.346. The van der Waals surface area contributed by atoms with Crippen LogP contribution in [0.5, 0.6) is 0 Å². The standard InChI is InChI=1S/C49H55NO15/c1-26(51)22-35(54)63-39-36-27(2)32(62-45(59)38(55)37(29-16-10-7-11-17-29)50-43(57)30-18-12-8-13-19-30)24-49(60,46(36,4)5)42(64-44(58)31-20-14-9-15-21-31)40-47(6,41(39)56)33(53)23-34-48(40,25-61-34)65-28(3)52/h7-21,26,32-34,37-40,42,51,53,55,60H,22-25H2,1-6H3,(H,50,57)/t26-,32+,33+,34-,37-,38-,39-,40+,42+,47-,48+,49-/m1/s1. The lowest BCUT2D eigenvalue weighted by Gasteiger charge is -2.67. The van der Waals surface area contributed by atoms with Crippen molar-refractivity contribution in [3.8, 4) is 0 Å². The molecule has 65 heavy (non-hydrogen) atoms. The van der Waals surface area contributed by atoms with Crippen molar-refractivity contribution in [1.82, 2.24) is 5.32 Å². The fraction of sp³-hybridized carbons (Fsp3) is 0.469. The van der Waals surface area contributed by atoms with Crippen molar-refractivity contribution in [3.63, 3.8) is 0 Å². The lowest BCUT2D eigenvalue weighted by Crippen LogP contribution is -2.82. The number of esters is 4. The molecule has 3 aliphatic carbocycles. The summed E-state index contributed by atoms with van der Waals surface area (Å²) in [6.07, 6.45) is -12.7. The van der Waals surface area contributed by atoms with E-state index in [4.69, 9.17) is 23.7 Å². The molecule has 3 aromatic carbocycles. The summed E-state index contributed by atoms with van der Waals surface area (Å²) in [4.78, 5) is 84.6. The minimum Gasteiger partial charge on any atom is -0.456 e. The molecule has 1 aliphatic heterocycles. The van der Waals surface area contributed by atoms with Crippen molar-refractivity contribution >= 4 is 35.6 Å². The third kappa shape index (κ3) is 8.26. The minimum absolute atomic E-state index is 0.0478. The summed E-state index contributed by atoms with van der Waals surface area (Å²) in [6, 6.07) is 22.8. The molecule has 1 heterocycles. The maximum absolute atomic E-state index is 15.7. The molecule has 346 valence electrons. The van der Waals surface area contributed by atoms with Crippen LogP contribution in [0.25, 0.3) is 0 Å². The summed E-state index contributed by atoms with van der Waals surface area (Å²) in [5.41, 5.74) is -7.45. The van der Waals surface area contributed by atoms with Crippen LogP contribution in [0.2, 0.25) is 0 Å². The number of aliphatic hydroxyl groups is 4. The number of nitrogens with one attached hydrogen (secondary N) is 1. The van der Waals surface area contributed by atoms with Crippen molar-refractivity contribution in [3.05, 3.63) is 119 Å². The number of carbonyl (C=O) groups excluding carboxylic acids is 6. The molecule has 1 saturated heterocycles. The second kappa shape index (κ2) is 17.9. The highest BCUT2D eigenvalue weighted by Crippen LogP contribution is 2.64. The van der Waals surface area contributed by atoms with Gasteiger partial charge in [-0.3, -0.25) is 19.2 Å². The third-order valence-electron chi connectivity index (χ3n) is 13.9.